The highest BCUT2D eigenvalue weighted by molar-refractivity contribution is 7.59. The second-order valence-electron chi connectivity index (χ2n) is 14.5. The first-order chi connectivity index (χ1) is 25.9. The molecule has 54 heavy (non-hydrogen) atoms. The Kier molecular flexibility index (Phi) is 9.15. The van der Waals surface area contributed by atoms with E-state index in [4.69, 9.17) is 14.2 Å². The normalized spacial score (nSPS) is 18.8. The molecule has 2 saturated heterocycles. The van der Waals surface area contributed by atoms with Crippen LogP contribution in [0, 0.1) is 17.6 Å². The van der Waals surface area contributed by atoms with Crippen LogP contribution in [-0.4, -0.2) is 78.4 Å². The molecule has 3 atom stereocenters. The molecule has 1 aliphatic carbocycles. The van der Waals surface area contributed by atoms with E-state index in [-0.39, 0.29) is 47.9 Å². The van der Waals surface area contributed by atoms with Gasteiger partial charge in [-0.3, -0.25) is 14.3 Å². The summed E-state index contributed by atoms with van der Waals surface area (Å²) in [7, 11) is 1.80. The molecular weight excluding hydrogens is 713 g/mol. The predicted molar refractivity (Wildman–Crippen MR) is 204 cm³/mol. The molecule has 0 spiro atoms. The summed E-state index contributed by atoms with van der Waals surface area (Å²) >= 11 is 0. The van der Waals surface area contributed by atoms with Gasteiger partial charge >= 0.3 is 5.97 Å². The van der Waals surface area contributed by atoms with Crippen molar-refractivity contribution in [2.24, 2.45) is 13.0 Å². The van der Waals surface area contributed by atoms with Crippen LogP contribution in [0.2, 0.25) is 0 Å². The van der Waals surface area contributed by atoms with E-state index < -0.39 is 30.6 Å². The van der Waals surface area contributed by atoms with Gasteiger partial charge in [-0.2, -0.15) is 0 Å². The number of anilines is 2. The van der Waals surface area contributed by atoms with Crippen LogP contribution >= 0.6 is 7.52 Å². The Balaban J connectivity index is 1.30. The molecule has 5 aromatic rings. The Bertz CT molecular complexity index is 2440. The molecule has 8 rings (SSSR count). The van der Waals surface area contributed by atoms with E-state index in [0.717, 1.165) is 31.1 Å². The third kappa shape index (κ3) is 5.99. The van der Waals surface area contributed by atoms with Gasteiger partial charge in [0.25, 0.3) is 7.52 Å². The smallest absolute Gasteiger partial charge is 0.343 e. The third-order valence-corrected chi connectivity index (χ3v) is 13.0. The minimum atomic E-state index is -3.56. The minimum absolute atomic E-state index is 0.0725. The summed E-state index contributed by atoms with van der Waals surface area (Å²) in [6, 6.07) is 12.2. The zero-order valence-electron chi connectivity index (χ0n) is 30.8. The average Bonchev–Trinajstić information content (AvgIpc) is 3.86. The molecule has 5 heterocycles. The number of esters is 1. The summed E-state index contributed by atoms with van der Waals surface area (Å²) in [6.07, 6.45) is 5.86. The third-order valence-electron chi connectivity index (χ3n) is 11.1. The minimum Gasteiger partial charge on any atom is -0.462 e. The van der Waals surface area contributed by atoms with Gasteiger partial charge in [0, 0.05) is 99.8 Å². The molecule has 0 amide bonds. The Morgan fingerprint density at radius 3 is 2.61 bits per heavy atom. The van der Waals surface area contributed by atoms with E-state index in [1.54, 1.807) is 44.0 Å². The first kappa shape index (κ1) is 36.0. The molecule has 11 nitrogen and oxygen atoms in total. The Hall–Kier alpha value is -4.97. The van der Waals surface area contributed by atoms with Crippen molar-refractivity contribution in [2.75, 3.05) is 56.6 Å². The van der Waals surface area contributed by atoms with E-state index in [1.807, 2.05) is 30.3 Å². The largest absolute Gasteiger partial charge is 0.462 e. The van der Waals surface area contributed by atoms with Crippen molar-refractivity contribution in [3.8, 4) is 22.3 Å². The number of nitrogens with zero attached hydrogens (tertiary/aromatic N) is 6. The van der Waals surface area contributed by atoms with Gasteiger partial charge in [0.2, 0.25) is 5.43 Å². The number of pyridine rings is 3. The van der Waals surface area contributed by atoms with Gasteiger partial charge in [-0.15, -0.1) is 0 Å². The van der Waals surface area contributed by atoms with E-state index in [2.05, 4.69) is 21.8 Å². The lowest BCUT2D eigenvalue weighted by Gasteiger charge is -2.31. The molecule has 2 aliphatic heterocycles. The lowest BCUT2D eigenvalue weighted by molar-refractivity contribution is 0.0524. The van der Waals surface area contributed by atoms with Gasteiger partial charge in [-0.05, 0) is 43.5 Å². The fourth-order valence-corrected chi connectivity index (χ4v) is 9.49. The number of carbonyl (C=O) groups is 1. The second-order valence-corrected chi connectivity index (χ2v) is 16.9. The number of carbonyl (C=O) groups excluding carboxylic acids is 1. The first-order valence-corrected chi connectivity index (χ1v) is 20.1. The Morgan fingerprint density at radius 1 is 1.07 bits per heavy atom. The summed E-state index contributed by atoms with van der Waals surface area (Å²) in [5.41, 5.74) is 4.21. The van der Waals surface area contributed by atoms with Crippen molar-refractivity contribution in [1.29, 1.82) is 0 Å². The topological polar surface area (TPSA) is 110 Å². The fraction of sp³-hybridized carbons (Fsp3) is 0.350. The summed E-state index contributed by atoms with van der Waals surface area (Å²) in [5.74, 6) is -2.45. The Labute approximate surface area is 311 Å². The van der Waals surface area contributed by atoms with Crippen LogP contribution in [0.3, 0.4) is 0 Å². The van der Waals surface area contributed by atoms with Crippen LogP contribution in [0.5, 0.6) is 0 Å². The fourth-order valence-electron chi connectivity index (χ4n) is 8.36. The predicted octanol–water partition coefficient (Wildman–Crippen LogP) is 6.64. The first-order valence-electron chi connectivity index (χ1n) is 18.0. The summed E-state index contributed by atoms with van der Waals surface area (Å²) in [5, 5.41) is 0.211. The highest BCUT2D eigenvalue weighted by Crippen LogP contribution is 2.56. The maximum Gasteiger partial charge on any atom is 0.343 e. The van der Waals surface area contributed by atoms with E-state index >= 15 is 8.78 Å². The summed E-state index contributed by atoms with van der Waals surface area (Å²) in [6.45, 7) is 5.71. The number of fused-ring (bicyclic) bond motifs is 5. The van der Waals surface area contributed by atoms with Crippen molar-refractivity contribution in [3.63, 3.8) is 0 Å². The molecule has 0 bridgehead atoms. The lowest BCUT2D eigenvalue weighted by atomic mass is 9.96. The van der Waals surface area contributed by atoms with Gasteiger partial charge in [0.05, 0.1) is 35.7 Å². The molecule has 1 unspecified atom stereocenters. The SMILES string of the molecule is CCOC(=O)c1cn(C)c2ncc(-c3cnc4c(c3N3CC[C@@H]5CN(C)C[C@@H]53)-c3c(F)c(F)cc(N(C)P(C)(=O)OCc5ccccc5)c3C4)cc2c1=O. The van der Waals surface area contributed by atoms with E-state index in [1.165, 1.54) is 17.5 Å². The number of halogens is 2. The van der Waals surface area contributed by atoms with Crippen molar-refractivity contribution >= 4 is 35.9 Å². The van der Waals surface area contributed by atoms with Crippen LogP contribution < -0.4 is 15.0 Å². The van der Waals surface area contributed by atoms with Crippen LogP contribution in [0.25, 0.3) is 33.3 Å². The summed E-state index contributed by atoms with van der Waals surface area (Å²) in [4.78, 5) is 40.5. The number of aryl methyl sites for hydroxylation is 1. The molecule has 3 aromatic heterocycles. The zero-order chi connectivity index (χ0) is 38.1. The number of hydrogen-bond acceptors (Lipinski definition) is 9. The van der Waals surface area contributed by atoms with Gasteiger partial charge < -0.3 is 28.3 Å². The summed E-state index contributed by atoms with van der Waals surface area (Å²) < 4.78 is 60.6. The molecule has 2 aromatic carbocycles. The number of ether oxygens (including phenoxy) is 1. The van der Waals surface area contributed by atoms with Crippen LogP contribution in [0.15, 0.2) is 65.8 Å². The standard InChI is InChI=1S/C40H41F2N6O5P/c1-6-52-40(50)29-20-46(3)39-27(38(29)49)14-25(17-44-39)28-18-43-31-15-26-32(47(4)54(5,51)53-22-23-10-8-7-9-11-23)16-30(41)36(42)34(26)35(31)37(28)48-13-12-24-19-45(2)21-33(24)48/h7-11,14,16-18,20,24,33H,6,12-13,15,19,21-22H2,1-5H3/t24-,33+,54?/m1/s1. The number of likely N-dealkylation sites (tertiary alicyclic amines) is 1. The monoisotopic (exact) mass is 754 g/mol. The van der Waals surface area contributed by atoms with Gasteiger partial charge in [-0.25, -0.2) is 18.6 Å². The number of likely N-dealkylation sites (N-methyl/N-ethyl adjacent to an activating group) is 1. The van der Waals surface area contributed by atoms with Crippen LogP contribution in [0.1, 0.15) is 40.5 Å². The number of aromatic nitrogens is 3. The van der Waals surface area contributed by atoms with E-state index in [0.29, 0.717) is 51.7 Å². The number of hydrogen-bond donors (Lipinski definition) is 0. The molecular formula is C40H41F2N6O5P. The highest BCUT2D eigenvalue weighted by atomic mass is 31.2. The second kappa shape index (κ2) is 13.7. The lowest BCUT2D eigenvalue weighted by Crippen LogP contribution is -2.35. The van der Waals surface area contributed by atoms with Gasteiger partial charge in [-0.1, -0.05) is 30.3 Å². The number of rotatable bonds is 9. The molecule has 2 fully saturated rings. The van der Waals surface area contributed by atoms with Crippen LogP contribution in [0.4, 0.5) is 20.2 Å². The molecule has 0 radical (unpaired) electrons. The molecule has 0 N–H and O–H groups in total. The highest BCUT2D eigenvalue weighted by Gasteiger charge is 2.44. The molecule has 0 saturated carbocycles. The van der Waals surface area contributed by atoms with Crippen molar-refractivity contribution in [1.82, 2.24) is 19.4 Å². The zero-order valence-corrected chi connectivity index (χ0v) is 31.7. The Morgan fingerprint density at radius 2 is 1.85 bits per heavy atom. The van der Waals surface area contributed by atoms with Crippen LogP contribution in [-0.2, 0) is 33.9 Å². The average molecular weight is 755 g/mol. The van der Waals surface area contributed by atoms with Crippen molar-refractivity contribution < 1.29 is 27.4 Å². The molecule has 14 heteroatoms. The number of benzene rings is 2. The van der Waals surface area contributed by atoms with Gasteiger partial charge in [0.1, 0.15) is 11.2 Å². The maximum atomic E-state index is 16.5. The van der Waals surface area contributed by atoms with Crippen molar-refractivity contribution in [3.05, 3.63) is 105 Å². The molecule has 280 valence electrons. The van der Waals surface area contributed by atoms with E-state index in [9.17, 15) is 14.2 Å². The molecule has 3 aliphatic rings. The maximum absolute atomic E-state index is 16.5. The van der Waals surface area contributed by atoms with Crippen molar-refractivity contribution in [2.45, 2.75) is 32.4 Å². The quantitative estimate of drug-likeness (QED) is 0.118. The van der Waals surface area contributed by atoms with Gasteiger partial charge in [0.15, 0.2) is 11.6 Å².